The molecule has 106 valence electrons. The molecule has 1 aliphatic carbocycles. The van der Waals surface area contributed by atoms with Gasteiger partial charge in [0.25, 0.3) is 0 Å². The largest absolute Gasteiger partial charge is 0.316 e. The number of hydrogen-bond donors (Lipinski definition) is 2. The van der Waals surface area contributed by atoms with Crippen LogP contribution in [0.3, 0.4) is 0 Å². The molecule has 4 nitrogen and oxygen atoms in total. The van der Waals surface area contributed by atoms with Crippen molar-refractivity contribution in [3.63, 3.8) is 0 Å². The minimum Gasteiger partial charge on any atom is -0.316 e. The normalized spacial score (nSPS) is 28.6. The van der Waals surface area contributed by atoms with E-state index in [1.807, 2.05) is 0 Å². The highest BCUT2D eigenvalue weighted by Crippen LogP contribution is 2.42. The Bertz CT molecular complexity index is 584. The van der Waals surface area contributed by atoms with E-state index in [1.54, 1.807) is 0 Å². The Balaban J connectivity index is 0.00000133. The molecular formula is C11H13Cl3N2O2S. The molecule has 2 fully saturated rings. The van der Waals surface area contributed by atoms with E-state index in [2.05, 4.69) is 10.0 Å². The summed E-state index contributed by atoms with van der Waals surface area (Å²) in [6.07, 6.45) is 0. The summed E-state index contributed by atoms with van der Waals surface area (Å²) in [6, 6.07) is 4.40. The number of sulfonamides is 1. The maximum atomic E-state index is 12.1. The van der Waals surface area contributed by atoms with Crippen molar-refractivity contribution in [1.29, 1.82) is 0 Å². The molecule has 1 saturated heterocycles. The summed E-state index contributed by atoms with van der Waals surface area (Å²) in [4.78, 5) is 0.162. The van der Waals surface area contributed by atoms with Crippen molar-refractivity contribution in [3.05, 3.63) is 28.2 Å². The molecule has 1 aromatic rings. The van der Waals surface area contributed by atoms with Crippen LogP contribution >= 0.6 is 35.6 Å². The van der Waals surface area contributed by atoms with Crippen LogP contribution in [0.2, 0.25) is 10.0 Å². The van der Waals surface area contributed by atoms with Crippen LogP contribution in [0.15, 0.2) is 23.1 Å². The van der Waals surface area contributed by atoms with Gasteiger partial charge in [0.1, 0.15) is 0 Å². The first-order chi connectivity index (χ1) is 8.49. The van der Waals surface area contributed by atoms with Gasteiger partial charge >= 0.3 is 0 Å². The van der Waals surface area contributed by atoms with Gasteiger partial charge in [-0.2, -0.15) is 0 Å². The van der Waals surface area contributed by atoms with Crippen LogP contribution in [0.4, 0.5) is 0 Å². The average molecular weight is 344 g/mol. The molecule has 0 aromatic heterocycles. The molecule has 2 unspecified atom stereocenters. The number of nitrogens with one attached hydrogen (secondary N) is 2. The molecular weight excluding hydrogens is 331 g/mol. The highest BCUT2D eigenvalue weighted by Gasteiger charge is 2.54. The molecule has 19 heavy (non-hydrogen) atoms. The Hall–Kier alpha value is -0.0400. The number of fused-ring (bicyclic) bond motifs is 1. The van der Waals surface area contributed by atoms with E-state index in [-0.39, 0.29) is 28.4 Å². The Kier molecular flexibility index (Phi) is 4.35. The third-order valence-electron chi connectivity index (χ3n) is 3.58. The summed E-state index contributed by atoms with van der Waals surface area (Å²) >= 11 is 11.6. The standard InChI is InChI=1S/C11H12Cl2N2O2S.ClH/c12-9-2-1-6(3-10(9)13)18(16,17)15-11-7-4-14-5-8(7)11;/h1-3,7-8,11,14-15H,4-5H2;1H. The molecule has 0 bridgehead atoms. The Morgan fingerprint density at radius 1 is 1.16 bits per heavy atom. The molecule has 2 atom stereocenters. The van der Waals surface area contributed by atoms with Gasteiger partial charge in [-0.1, -0.05) is 23.2 Å². The van der Waals surface area contributed by atoms with Crippen molar-refractivity contribution in [1.82, 2.24) is 10.0 Å². The van der Waals surface area contributed by atoms with Crippen molar-refractivity contribution >= 4 is 45.6 Å². The van der Waals surface area contributed by atoms with E-state index in [1.165, 1.54) is 18.2 Å². The molecule has 0 spiro atoms. The minimum absolute atomic E-state index is 0. The lowest BCUT2D eigenvalue weighted by atomic mass is 10.4. The van der Waals surface area contributed by atoms with Gasteiger partial charge in [0.15, 0.2) is 0 Å². The van der Waals surface area contributed by atoms with E-state index in [0.29, 0.717) is 16.9 Å². The van der Waals surface area contributed by atoms with E-state index >= 15 is 0 Å². The Morgan fingerprint density at radius 2 is 1.79 bits per heavy atom. The highest BCUT2D eigenvalue weighted by molar-refractivity contribution is 7.89. The van der Waals surface area contributed by atoms with Gasteiger partial charge in [-0.25, -0.2) is 13.1 Å². The molecule has 1 aromatic carbocycles. The fourth-order valence-corrected chi connectivity index (χ4v) is 4.21. The smallest absolute Gasteiger partial charge is 0.240 e. The lowest BCUT2D eigenvalue weighted by Crippen LogP contribution is -2.32. The van der Waals surface area contributed by atoms with E-state index < -0.39 is 10.0 Å². The van der Waals surface area contributed by atoms with Crippen LogP contribution in [0.25, 0.3) is 0 Å². The summed E-state index contributed by atoms with van der Waals surface area (Å²) in [6.45, 7) is 1.78. The predicted molar refractivity (Wildman–Crippen MR) is 77.7 cm³/mol. The number of piperidine rings is 1. The summed E-state index contributed by atoms with van der Waals surface area (Å²) in [5, 5.41) is 3.82. The lowest BCUT2D eigenvalue weighted by molar-refractivity contribution is 0.565. The SMILES string of the molecule is Cl.O=S(=O)(NC1C2CNCC21)c1ccc(Cl)c(Cl)c1. The molecule has 8 heteroatoms. The monoisotopic (exact) mass is 342 g/mol. The van der Waals surface area contributed by atoms with Crippen LogP contribution in [-0.4, -0.2) is 27.5 Å². The van der Waals surface area contributed by atoms with Crippen LogP contribution in [0.5, 0.6) is 0 Å². The first-order valence-corrected chi connectivity index (χ1v) is 7.91. The second-order valence-corrected chi connectivity index (χ2v) is 7.24. The minimum atomic E-state index is -3.50. The van der Waals surface area contributed by atoms with Crippen LogP contribution < -0.4 is 10.0 Å². The fraction of sp³-hybridized carbons (Fsp3) is 0.455. The van der Waals surface area contributed by atoms with Gasteiger partial charge < -0.3 is 5.32 Å². The third-order valence-corrected chi connectivity index (χ3v) is 5.78. The summed E-state index contributed by atoms with van der Waals surface area (Å²) < 4.78 is 27.0. The van der Waals surface area contributed by atoms with Crippen molar-refractivity contribution in [2.24, 2.45) is 11.8 Å². The van der Waals surface area contributed by atoms with E-state index in [9.17, 15) is 8.42 Å². The highest BCUT2D eigenvalue weighted by atomic mass is 35.5. The number of halogens is 3. The molecule has 2 aliphatic rings. The topological polar surface area (TPSA) is 58.2 Å². The van der Waals surface area contributed by atoms with Gasteiger partial charge in [0.05, 0.1) is 14.9 Å². The van der Waals surface area contributed by atoms with Gasteiger partial charge in [0.2, 0.25) is 10.0 Å². The fourth-order valence-electron chi connectivity index (χ4n) is 2.48. The summed E-state index contributed by atoms with van der Waals surface area (Å²) in [5.74, 6) is 0.866. The second-order valence-electron chi connectivity index (χ2n) is 4.71. The van der Waals surface area contributed by atoms with Crippen molar-refractivity contribution in [2.75, 3.05) is 13.1 Å². The quantitative estimate of drug-likeness (QED) is 0.881. The predicted octanol–water partition coefficient (Wildman–Crippen LogP) is 1.91. The molecule has 3 rings (SSSR count). The zero-order valence-electron chi connectivity index (χ0n) is 9.77. The lowest BCUT2D eigenvalue weighted by Gasteiger charge is -2.09. The molecule has 1 heterocycles. The van der Waals surface area contributed by atoms with E-state index in [0.717, 1.165) is 13.1 Å². The zero-order chi connectivity index (χ0) is 12.9. The van der Waals surface area contributed by atoms with Crippen molar-refractivity contribution < 1.29 is 8.42 Å². The van der Waals surface area contributed by atoms with Crippen molar-refractivity contribution in [3.8, 4) is 0 Å². The van der Waals surface area contributed by atoms with Gasteiger partial charge in [0, 0.05) is 6.04 Å². The molecule has 1 saturated carbocycles. The molecule has 0 radical (unpaired) electrons. The Morgan fingerprint density at radius 3 is 2.37 bits per heavy atom. The van der Waals surface area contributed by atoms with Crippen LogP contribution in [0.1, 0.15) is 0 Å². The summed E-state index contributed by atoms with van der Waals surface area (Å²) in [7, 11) is -3.50. The molecule has 0 amide bonds. The maximum absolute atomic E-state index is 12.1. The van der Waals surface area contributed by atoms with Crippen LogP contribution in [-0.2, 0) is 10.0 Å². The number of benzene rings is 1. The summed E-state index contributed by atoms with van der Waals surface area (Å²) in [5.41, 5.74) is 0. The zero-order valence-corrected chi connectivity index (χ0v) is 12.9. The Labute approximate surface area is 128 Å². The second kappa shape index (κ2) is 5.39. The van der Waals surface area contributed by atoms with Crippen molar-refractivity contribution in [2.45, 2.75) is 10.9 Å². The van der Waals surface area contributed by atoms with Crippen LogP contribution in [0, 0.1) is 11.8 Å². The third kappa shape index (κ3) is 2.86. The number of rotatable bonds is 3. The van der Waals surface area contributed by atoms with Gasteiger partial charge in [-0.05, 0) is 43.1 Å². The van der Waals surface area contributed by atoms with Gasteiger partial charge in [-0.15, -0.1) is 12.4 Å². The molecule has 1 aliphatic heterocycles. The maximum Gasteiger partial charge on any atom is 0.240 e. The first kappa shape index (κ1) is 15.4. The average Bonchev–Trinajstić information content (AvgIpc) is 2.77. The molecule has 2 N–H and O–H groups in total. The van der Waals surface area contributed by atoms with E-state index in [4.69, 9.17) is 23.2 Å². The number of hydrogen-bond acceptors (Lipinski definition) is 3. The first-order valence-electron chi connectivity index (χ1n) is 5.67. The van der Waals surface area contributed by atoms with Gasteiger partial charge in [-0.3, -0.25) is 0 Å².